The summed E-state index contributed by atoms with van der Waals surface area (Å²) in [5.41, 5.74) is 14.3. The Hall–Kier alpha value is -6.17. The summed E-state index contributed by atoms with van der Waals surface area (Å²) in [7, 11) is 2.99. The first-order valence-electron chi connectivity index (χ1n) is 14.4. The lowest BCUT2D eigenvalue weighted by Gasteiger charge is -2.28. The molecule has 1 atom stereocenters. The molecule has 0 aliphatic rings. The van der Waals surface area contributed by atoms with E-state index in [0.717, 1.165) is 21.6 Å². The largest absolute Gasteiger partial charge is 0.369 e. The predicted octanol–water partition coefficient (Wildman–Crippen LogP) is 3.55. The molecule has 0 aromatic heterocycles. The fourth-order valence-electron chi connectivity index (χ4n) is 4.97. The van der Waals surface area contributed by atoms with Gasteiger partial charge in [0.05, 0.1) is 11.6 Å². The van der Waals surface area contributed by atoms with Crippen LogP contribution in [0.2, 0.25) is 0 Å². The number of anilines is 2. The number of likely N-dealkylation sites (N-methyl/N-ethyl adjacent to an activating group) is 1. The molecule has 12 nitrogen and oxygen atoms in total. The van der Waals surface area contributed by atoms with Gasteiger partial charge in [-0.15, -0.1) is 0 Å². The second kappa shape index (κ2) is 15.0. The third kappa shape index (κ3) is 7.85. The van der Waals surface area contributed by atoms with Crippen LogP contribution in [0.25, 0.3) is 0 Å². The van der Waals surface area contributed by atoms with Gasteiger partial charge in [0.15, 0.2) is 0 Å². The molecule has 0 aliphatic carbocycles. The summed E-state index contributed by atoms with van der Waals surface area (Å²) in [5.74, 6) is -2.15. The van der Waals surface area contributed by atoms with Gasteiger partial charge in [-0.1, -0.05) is 84.9 Å². The Labute approximate surface area is 266 Å². The number of carbonyl (C=O) groups excluding carboxylic acids is 4. The molecule has 0 heterocycles. The Kier molecular flexibility index (Phi) is 10.7. The maximum Gasteiger partial charge on any atom is 0.328 e. The molecule has 12 heteroatoms. The summed E-state index contributed by atoms with van der Waals surface area (Å²) in [6.07, 6.45) is 0. The van der Waals surface area contributed by atoms with Crippen molar-refractivity contribution >= 4 is 41.2 Å². The zero-order valence-electron chi connectivity index (χ0n) is 25.4. The normalized spacial score (nSPS) is 11.2. The van der Waals surface area contributed by atoms with Crippen molar-refractivity contribution in [3.05, 3.63) is 131 Å². The molecule has 236 valence electrons. The van der Waals surface area contributed by atoms with Crippen molar-refractivity contribution in [2.24, 2.45) is 11.5 Å². The average molecular weight is 621 g/mol. The van der Waals surface area contributed by atoms with Crippen LogP contribution in [0.4, 0.5) is 21.0 Å². The van der Waals surface area contributed by atoms with Gasteiger partial charge >= 0.3 is 12.1 Å². The summed E-state index contributed by atoms with van der Waals surface area (Å²) in [6, 6.07) is 29.3. The van der Waals surface area contributed by atoms with Gasteiger partial charge in [-0.05, 0) is 46.5 Å². The lowest BCUT2D eigenvalue weighted by atomic mass is 9.90. The molecule has 4 aromatic rings. The van der Waals surface area contributed by atoms with E-state index in [2.05, 4.69) is 16.0 Å². The third-order valence-corrected chi connectivity index (χ3v) is 7.30. The van der Waals surface area contributed by atoms with Crippen LogP contribution in [-0.2, 0) is 16.1 Å². The van der Waals surface area contributed by atoms with Crippen LogP contribution in [0.15, 0.2) is 109 Å². The molecule has 0 spiro atoms. The molecule has 0 fully saturated rings. The SMILES string of the molecule is CNC(=O)N(C(=N)N)c1cccc(C(NC(=O)C(c2ccccc2)c2ccccc2)C(=O)N(C)c2ccc(CNC(N)=O)cc2)c1. The van der Waals surface area contributed by atoms with Crippen molar-refractivity contribution < 1.29 is 19.2 Å². The number of amides is 6. The van der Waals surface area contributed by atoms with Crippen molar-refractivity contribution in [1.29, 1.82) is 5.41 Å². The number of nitrogens with one attached hydrogen (secondary N) is 4. The summed E-state index contributed by atoms with van der Waals surface area (Å²) >= 11 is 0. The number of nitrogens with zero attached hydrogens (tertiary/aromatic N) is 2. The topological polar surface area (TPSA) is 187 Å². The van der Waals surface area contributed by atoms with Gasteiger partial charge in [-0.2, -0.15) is 0 Å². The van der Waals surface area contributed by atoms with Crippen LogP contribution in [0.1, 0.15) is 34.2 Å². The lowest BCUT2D eigenvalue weighted by molar-refractivity contribution is -0.128. The molecule has 0 aliphatic heterocycles. The predicted molar refractivity (Wildman–Crippen MR) is 177 cm³/mol. The third-order valence-electron chi connectivity index (χ3n) is 7.30. The molecule has 4 rings (SSSR count). The molecular formula is C34H36N8O4. The minimum absolute atomic E-state index is 0.219. The molecule has 6 amide bonds. The fourth-order valence-corrected chi connectivity index (χ4v) is 4.97. The first-order chi connectivity index (χ1) is 22.1. The summed E-state index contributed by atoms with van der Waals surface area (Å²) in [5, 5.41) is 15.9. The van der Waals surface area contributed by atoms with Crippen molar-refractivity contribution in [2.45, 2.75) is 18.5 Å². The van der Waals surface area contributed by atoms with E-state index in [9.17, 15) is 19.2 Å². The number of urea groups is 2. The fraction of sp³-hybridized carbons (Fsp3) is 0.147. The van der Waals surface area contributed by atoms with Gasteiger partial charge < -0.3 is 32.3 Å². The molecule has 8 N–H and O–H groups in total. The van der Waals surface area contributed by atoms with Crippen LogP contribution in [0.5, 0.6) is 0 Å². The van der Waals surface area contributed by atoms with Gasteiger partial charge in [0, 0.05) is 26.3 Å². The minimum atomic E-state index is -1.21. The zero-order valence-corrected chi connectivity index (χ0v) is 25.4. The van der Waals surface area contributed by atoms with Crippen molar-refractivity contribution in [3.63, 3.8) is 0 Å². The summed E-state index contributed by atoms with van der Waals surface area (Å²) < 4.78 is 0. The van der Waals surface area contributed by atoms with Gasteiger partial charge in [0.1, 0.15) is 6.04 Å². The first-order valence-corrected chi connectivity index (χ1v) is 14.4. The second-order valence-electron chi connectivity index (χ2n) is 10.3. The number of nitrogens with two attached hydrogens (primary N) is 2. The van der Waals surface area contributed by atoms with Gasteiger partial charge in [-0.25, -0.2) is 14.5 Å². The number of guanidine groups is 1. The standard InChI is InChI=1S/C34H36N8O4/c1-38-34(46)42(32(35)36)27-15-9-14-25(20-27)29(31(44)41(2)26-18-16-22(17-19-26)21-39-33(37)45)40-30(43)28(23-10-5-3-6-11-23)24-12-7-4-8-13-24/h3-20,28-29H,21H2,1-2H3,(H3,35,36)(H,38,46)(H,40,43)(H3,37,39,45). The Morgan fingerprint density at radius 1 is 0.761 bits per heavy atom. The molecule has 0 saturated carbocycles. The van der Waals surface area contributed by atoms with E-state index in [1.807, 2.05) is 60.7 Å². The highest BCUT2D eigenvalue weighted by atomic mass is 16.2. The van der Waals surface area contributed by atoms with E-state index in [-0.39, 0.29) is 12.2 Å². The van der Waals surface area contributed by atoms with Crippen LogP contribution in [-0.4, -0.2) is 43.9 Å². The van der Waals surface area contributed by atoms with Crippen LogP contribution in [0, 0.1) is 5.41 Å². The highest BCUT2D eigenvalue weighted by Gasteiger charge is 2.32. The Morgan fingerprint density at radius 2 is 1.33 bits per heavy atom. The van der Waals surface area contributed by atoms with Crippen molar-refractivity contribution in [3.8, 4) is 0 Å². The van der Waals surface area contributed by atoms with E-state index in [4.69, 9.17) is 16.9 Å². The van der Waals surface area contributed by atoms with Crippen molar-refractivity contribution in [1.82, 2.24) is 16.0 Å². The van der Waals surface area contributed by atoms with Crippen LogP contribution < -0.4 is 37.2 Å². The zero-order chi connectivity index (χ0) is 33.2. The number of hydrogen-bond acceptors (Lipinski definition) is 5. The highest BCUT2D eigenvalue weighted by Crippen LogP contribution is 2.29. The molecule has 4 aromatic carbocycles. The van der Waals surface area contributed by atoms with Gasteiger partial charge in [0.25, 0.3) is 5.91 Å². The maximum atomic E-state index is 14.3. The number of rotatable bonds is 10. The van der Waals surface area contributed by atoms with Crippen LogP contribution >= 0.6 is 0 Å². The lowest BCUT2D eigenvalue weighted by Crippen LogP contribution is -2.46. The van der Waals surface area contributed by atoms with E-state index in [1.165, 1.54) is 18.0 Å². The smallest absolute Gasteiger partial charge is 0.328 e. The average Bonchev–Trinajstić information content (AvgIpc) is 3.07. The van der Waals surface area contributed by atoms with Gasteiger partial charge in [0.2, 0.25) is 11.9 Å². The van der Waals surface area contributed by atoms with E-state index in [1.54, 1.807) is 49.5 Å². The summed E-state index contributed by atoms with van der Waals surface area (Å²) in [6.45, 7) is 0.219. The number of carbonyl (C=O) groups is 4. The molecular weight excluding hydrogens is 584 g/mol. The van der Waals surface area contributed by atoms with E-state index in [0.29, 0.717) is 11.3 Å². The van der Waals surface area contributed by atoms with E-state index >= 15 is 0 Å². The molecule has 0 saturated heterocycles. The molecule has 0 bridgehead atoms. The maximum absolute atomic E-state index is 14.3. The van der Waals surface area contributed by atoms with Crippen LogP contribution in [0.3, 0.4) is 0 Å². The molecule has 0 radical (unpaired) electrons. The first kappa shape index (κ1) is 32.7. The molecule has 1 unspecified atom stereocenters. The highest BCUT2D eigenvalue weighted by molar-refractivity contribution is 6.14. The second-order valence-corrected chi connectivity index (χ2v) is 10.3. The number of benzene rings is 4. The monoisotopic (exact) mass is 620 g/mol. The minimum Gasteiger partial charge on any atom is -0.369 e. The number of primary amides is 1. The summed E-state index contributed by atoms with van der Waals surface area (Å²) in [4.78, 5) is 54.5. The Morgan fingerprint density at radius 3 is 1.85 bits per heavy atom. The Balaban J connectivity index is 1.75. The molecule has 46 heavy (non-hydrogen) atoms. The Bertz CT molecular complexity index is 1660. The quantitative estimate of drug-likeness (QED) is 0.117. The van der Waals surface area contributed by atoms with Crippen molar-refractivity contribution in [2.75, 3.05) is 23.9 Å². The number of hydrogen-bond donors (Lipinski definition) is 6. The van der Waals surface area contributed by atoms with Gasteiger partial charge in [-0.3, -0.25) is 15.0 Å². The van der Waals surface area contributed by atoms with E-state index < -0.39 is 41.8 Å².